The Morgan fingerprint density at radius 1 is 0.537 bits per heavy atom. The third kappa shape index (κ3) is 28.2. The van der Waals surface area contributed by atoms with Gasteiger partial charge in [-0.2, -0.15) is 0 Å². The molecule has 0 aromatic heterocycles. The molecule has 1 saturated heterocycles. The Bertz CT molecular complexity index is 816. The molecule has 0 saturated carbocycles. The van der Waals surface area contributed by atoms with Gasteiger partial charge in [0.05, 0.1) is 0 Å². The molecule has 1 aliphatic heterocycles. The second kappa shape index (κ2) is 36.1. The quantitative estimate of drug-likeness (QED) is 0.0463. The van der Waals surface area contributed by atoms with Gasteiger partial charge in [-0.25, -0.2) is 0 Å². The van der Waals surface area contributed by atoms with Crippen molar-refractivity contribution in [2.24, 2.45) is 0 Å². The Hall–Kier alpha value is -1.28. The predicted molar refractivity (Wildman–Crippen MR) is 231 cm³/mol. The van der Waals surface area contributed by atoms with Gasteiger partial charge in [0.15, 0.2) is 0 Å². The lowest BCUT2D eigenvalue weighted by Gasteiger charge is -2.31. The van der Waals surface area contributed by atoms with E-state index in [1.165, 1.54) is 114 Å². The largest absolute Gasteiger partial charge is 0.462 e. The zero-order chi connectivity index (χ0) is 39.5. The van der Waals surface area contributed by atoms with Crippen molar-refractivity contribution >= 4 is 28.9 Å². The first-order valence-electron chi connectivity index (χ1n) is 23.4. The normalized spacial score (nSPS) is 13.9. The lowest BCUT2D eigenvalue weighted by molar-refractivity contribution is -0.150. The van der Waals surface area contributed by atoms with E-state index in [0.717, 1.165) is 83.8 Å². The van der Waals surface area contributed by atoms with Crippen LogP contribution in [0.5, 0.6) is 0 Å². The van der Waals surface area contributed by atoms with Crippen molar-refractivity contribution in [3.8, 4) is 0 Å². The molecular formula is C46H88N2O5S. The molecule has 0 aromatic carbocycles. The summed E-state index contributed by atoms with van der Waals surface area (Å²) < 4.78 is 12.2. The summed E-state index contributed by atoms with van der Waals surface area (Å²) in [4.78, 5) is 44.3. The Morgan fingerprint density at radius 3 is 1.22 bits per heavy atom. The molecule has 8 heteroatoms. The average molecular weight is 781 g/mol. The Labute approximate surface area is 339 Å². The molecule has 54 heavy (non-hydrogen) atoms. The maximum Gasteiger partial charge on any atom is 0.306 e. The number of hydrogen-bond donors (Lipinski definition) is 0. The van der Waals surface area contributed by atoms with E-state index in [1.54, 1.807) is 0 Å². The van der Waals surface area contributed by atoms with E-state index in [4.69, 9.17) is 9.47 Å². The van der Waals surface area contributed by atoms with Gasteiger partial charge in [0, 0.05) is 31.2 Å². The predicted octanol–water partition coefficient (Wildman–Crippen LogP) is 13.5. The highest BCUT2D eigenvalue weighted by atomic mass is 32.2. The lowest BCUT2D eigenvalue weighted by atomic mass is 10.0. The minimum atomic E-state index is -0.131. The molecule has 0 atom stereocenters. The van der Waals surface area contributed by atoms with Gasteiger partial charge in [-0.15, -0.1) is 0 Å². The summed E-state index contributed by atoms with van der Waals surface area (Å²) in [7, 11) is 0. The number of hydrogen-bond acceptors (Lipinski definition) is 7. The number of amides is 1. The first-order chi connectivity index (χ1) is 26.4. The summed E-state index contributed by atoms with van der Waals surface area (Å²) in [5, 5.41) is 0.407. The van der Waals surface area contributed by atoms with Gasteiger partial charge in [-0.3, -0.25) is 14.4 Å². The van der Waals surface area contributed by atoms with E-state index < -0.39 is 0 Å². The topological polar surface area (TPSA) is 76.1 Å². The summed E-state index contributed by atoms with van der Waals surface area (Å²) in [6.45, 7) is 15.3. The number of rotatable bonds is 36. The van der Waals surface area contributed by atoms with E-state index in [-0.39, 0.29) is 29.4 Å². The van der Waals surface area contributed by atoms with Crippen LogP contribution in [0.2, 0.25) is 0 Å². The minimum Gasteiger partial charge on any atom is -0.462 e. The second-order valence-corrected chi connectivity index (χ2v) is 17.5. The molecule has 0 spiro atoms. The highest BCUT2D eigenvalue weighted by Gasteiger charge is 2.25. The number of carbonyl (C=O) groups excluding carboxylic acids is 3. The van der Waals surface area contributed by atoms with Gasteiger partial charge in [0.1, 0.15) is 12.2 Å². The number of carbonyl (C=O) groups is 3. The maximum absolute atomic E-state index is 13.7. The fourth-order valence-electron chi connectivity index (χ4n) is 7.60. The van der Waals surface area contributed by atoms with Gasteiger partial charge >= 0.3 is 11.9 Å². The molecule has 0 unspecified atom stereocenters. The molecule has 0 aliphatic carbocycles. The monoisotopic (exact) mass is 781 g/mol. The van der Waals surface area contributed by atoms with Crippen LogP contribution < -0.4 is 0 Å². The molecular weight excluding hydrogens is 693 g/mol. The molecule has 1 fully saturated rings. The number of thioether (sulfide) groups is 1. The fraction of sp³-hybridized carbons (Fsp3) is 0.935. The van der Waals surface area contributed by atoms with Gasteiger partial charge in [-0.1, -0.05) is 149 Å². The first kappa shape index (κ1) is 50.7. The SMILES string of the molecule is CCCCCCCC(CCCCCCC)OC(=O)CCCN(CCCC(=O)OC(CCCCCCC)CCCCCCC)C(=O)SC1CCN(CC)CC1. The van der Waals surface area contributed by atoms with E-state index in [1.807, 2.05) is 4.90 Å². The molecule has 1 rings (SSSR count). The van der Waals surface area contributed by atoms with E-state index >= 15 is 0 Å². The highest BCUT2D eigenvalue weighted by molar-refractivity contribution is 8.14. The van der Waals surface area contributed by atoms with Gasteiger partial charge in [0.2, 0.25) is 0 Å². The van der Waals surface area contributed by atoms with Crippen LogP contribution in [0.3, 0.4) is 0 Å². The van der Waals surface area contributed by atoms with Crippen molar-refractivity contribution in [2.45, 2.75) is 245 Å². The van der Waals surface area contributed by atoms with E-state index in [2.05, 4.69) is 39.5 Å². The average Bonchev–Trinajstić information content (AvgIpc) is 3.16. The van der Waals surface area contributed by atoms with Crippen LogP contribution >= 0.6 is 11.8 Å². The van der Waals surface area contributed by atoms with Crippen molar-refractivity contribution in [2.75, 3.05) is 32.7 Å². The third-order valence-corrected chi connectivity index (χ3v) is 12.5. The van der Waals surface area contributed by atoms with Crippen molar-refractivity contribution in [3.63, 3.8) is 0 Å². The maximum atomic E-state index is 13.7. The smallest absolute Gasteiger partial charge is 0.306 e. The van der Waals surface area contributed by atoms with Crippen LogP contribution in [0.25, 0.3) is 0 Å². The Kier molecular flexibility index (Phi) is 33.9. The van der Waals surface area contributed by atoms with Gasteiger partial charge in [-0.05, 0) is 96.7 Å². The molecule has 1 aliphatic rings. The first-order valence-corrected chi connectivity index (χ1v) is 24.3. The molecule has 0 aromatic rings. The highest BCUT2D eigenvalue weighted by Crippen LogP contribution is 2.27. The van der Waals surface area contributed by atoms with E-state index in [0.29, 0.717) is 44.0 Å². The zero-order valence-electron chi connectivity index (χ0n) is 36.3. The zero-order valence-corrected chi connectivity index (χ0v) is 37.1. The second-order valence-electron chi connectivity index (χ2n) is 16.2. The molecule has 0 N–H and O–H groups in total. The molecule has 318 valence electrons. The number of nitrogens with zero attached hydrogens (tertiary/aromatic N) is 2. The van der Waals surface area contributed by atoms with Crippen molar-refractivity contribution in [3.05, 3.63) is 0 Å². The molecule has 0 radical (unpaired) electrons. The molecule has 7 nitrogen and oxygen atoms in total. The van der Waals surface area contributed by atoms with Crippen LogP contribution in [0.1, 0.15) is 227 Å². The van der Waals surface area contributed by atoms with Crippen LogP contribution in [0.15, 0.2) is 0 Å². The molecule has 1 amide bonds. The van der Waals surface area contributed by atoms with Crippen LogP contribution in [0, 0.1) is 0 Å². The third-order valence-electron chi connectivity index (χ3n) is 11.2. The number of piperidine rings is 1. The number of ether oxygens (including phenoxy) is 2. The summed E-state index contributed by atoms with van der Waals surface area (Å²) in [6.07, 6.45) is 32.0. The number of unbranched alkanes of at least 4 members (excludes halogenated alkanes) is 16. The summed E-state index contributed by atoms with van der Waals surface area (Å²) >= 11 is 1.47. The number of esters is 2. The fourth-order valence-corrected chi connectivity index (χ4v) is 8.66. The van der Waals surface area contributed by atoms with Crippen molar-refractivity contribution < 1.29 is 23.9 Å². The summed E-state index contributed by atoms with van der Waals surface area (Å²) in [6, 6.07) is 0. The van der Waals surface area contributed by atoms with Crippen LogP contribution in [0.4, 0.5) is 4.79 Å². The lowest BCUT2D eigenvalue weighted by Crippen LogP contribution is -2.37. The Morgan fingerprint density at radius 2 is 0.889 bits per heavy atom. The van der Waals surface area contributed by atoms with Gasteiger partial charge in [0.25, 0.3) is 5.24 Å². The van der Waals surface area contributed by atoms with Crippen LogP contribution in [-0.2, 0) is 19.1 Å². The molecule has 1 heterocycles. The summed E-state index contributed by atoms with van der Waals surface area (Å²) in [5.74, 6) is -0.263. The molecule has 0 bridgehead atoms. The minimum absolute atomic E-state index is 0.00514. The Balaban J connectivity index is 2.73. The van der Waals surface area contributed by atoms with E-state index in [9.17, 15) is 14.4 Å². The standard InChI is InChI=1S/C46H88N2O5S/c1-6-11-15-19-23-29-41(30-24-20-16-12-7-2)52-44(49)33-27-37-48(46(51)54-43-35-39-47(10-5)40-36-43)38-28-34-45(50)53-42(31-25-21-17-13-8-3)32-26-22-18-14-9-4/h41-43H,6-40H2,1-5H3. The van der Waals surface area contributed by atoms with Crippen molar-refractivity contribution in [1.82, 2.24) is 9.80 Å². The summed E-state index contributed by atoms with van der Waals surface area (Å²) in [5.41, 5.74) is 0. The van der Waals surface area contributed by atoms with Gasteiger partial charge < -0.3 is 19.3 Å². The van der Waals surface area contributed by atoms with Crippen molar-refractivity contribution in [1.29, 1.82) is 0 Å². The van der Waals surface area contributed by atoms with Crippen LogP contribution in [-0.4, -0.2) is 77.2 Å². The number of likely N-dealkylation sites (tertiary alicyclic amines) is 1.